The third-order valence-electron chi connectivity index (χ3n) is 6.77. The molecule has 3 rings (SSSR count). The number of nitrogens with one attached hydrogen (secondary N) is 2. The molecule has 0 saturated carbocycles. The number of benzene rings is 2. The van der Waals surface area contributed by atoms with E-state index in [1.54, 1.807) is 13.8 Å². The highest BCUT2D eigenvalue weighted by molar-refractivity contribution is 5.83. The molecule has 0 radical (unpaired) electrons. The number of hydrogen-bond acceptors (Lipinski definition) is 4. The van der Waals surface area contributed by atoms with Crippen molar-refractivity contribution in [3.8, 4) is 11.1 Å². The summed E-state index contributed by atoms with van der Waals surface area (Å²) in [5.74, 6) is -1.19. The highest BCUT2D eigenvalue weighted by atomic mass is 16.5. The zero-order chi connectivity index (χ0) is 25.4. The van der Waals surface area contributed by atoms with Crippen LogP contribution in [0.4, 0.5) is 4.79 Å². The third-order valence-corrected chi connectivity index (χ3v) is 6.77. The number of hydrogen-bond donors (Lipinski definition) is 3. The number of carbonyl (C=O) groups excluding carboxylic acids is 2. The minimum atomic E-state index is -1.02. The number of carbonyl (C=O) groups is 3. The van der Waals surface area contributed by atoms with Crippen molar-refractivity contribution in [2.75, 3.05) is 13.2 Å². The largest absolute Gasteiger partial charge is 0.480 e. The van der Waals surface area contributed by atoms with E-state index >= 15 is 0 Å². The van der Waals surface area contributed by atoms with Gasteiger partial charge in [0.25, 0.3) is 0 Å². The van der Waals surface area contributed by atoms with Gasteiger partial charge >= 0.3 is 12.1 Å². The minimum absolute atomic E-state index is 0.0236. The maximum Gasteiger partial charge on any atom is 0.407 e. The Kier molecular flexibility index (Phi) is 9.29. The molecule has 188 valence electrons. The van der Waals surface area contributed by atoms with Crippen LogP contribution in [0.25, 0.3) is 11.1 Å². The van der Waals surface area contributed by atoms with E-state index in [4.69, 9.17) is 4.74 Å². The molecule has 7 nitrogen and oxygen atoms in total. The van der Waals surface area contributed by atoms with Crippen molar-refractivity contribution in [3.05, 3.63) is 59.7 Å². The summed E-state index contributed by atoms with van der Waals surface area (Å²) in [6.45, 7) is 6.31. The number of aliphatic carboxylic acids is 1. The quantitative estimate of drug-likeness (QED) is 0.399. The lowest BCUT2D eigenvalue weighted by atomic mass is 9.96. The number of fused-ring (bicyclic) bond motifs is 3. The van der Waals surface area contributed by atoms with E-state index in [0.717, 1.165) is 12.8 Å². The Morgan fingerprint density at radius 2 is 1.57 bits per heavy atom. The van der Waals surface area contributed by atoms with Crippen LogP contribution in [-0.4, -0.2) is 42.3 Å². The normalized spacial score (nSPS) is 14.1. The second-order valence-electron chi connectivity index (χ2n) is 9.48. The first-order valence-corrected chi connectivity index (χ1v) is 12.4. The molecule has 1 unspecified atom stereocenters. The van der Waals surface area contributed by atoms with Crippen LogP contribution < -0.4 is 10.6 Å². The van der Waals surface area contributed by atoms with Crippen LogP contribution >= 0.6 is 0 Å². The number of rotatable bonds is 12. The molecule has 3 N–H and O–H groups in total. The van der Waals surface area contributed by atoms with Crippen LogP contribution in [0, 0.1) is 11.8 Å². The Morgan fingerprint density at radius 3 is 2.11 bits per heavy atom. The van der Waals surface area contributed by atoms with Gasteiger partial charge in [0.2, 0.25) is 5.91 Å². The van der Waals surface area contributed by atoms with Gasteiger partial charge in [0.15, 0.2) is 0 Å². The van der Waals surface area contributed by atoms with Crippen molar-refractivity contribution in [2.24, 2.45) is 11.8 Å². The van der Waals surface area contributed by atoms with Crippen molar-refractivity contribution < 1.29 is 24.2 Å². The highest BCUT2D eigenvalue weighted by Gasteiger charge is 2.29. The molecule has 2 aromatic carbocycles. The fourth-order valence-electron chi connectivity index (χ4n) is 4.67. The summed E-state index contributed by atoms with van der Waals surface area (Å²) >= 11 is 0. The van der Waals surface area contributed by atoms with Gasteiger partial charge < -0.3 is 20.5 Å². The molecule has 0 aromatic heterocycles. The van der Waals surface area contributed by atoms with Crippen molar-refractivity contribution in [1.29, 1.82) is 0 Å². The summed E-state index contributed by atoms with van der Waals surface area (Å²) in [6, 6.07) is 15.6. The molecule has 0 saturated heterocycles. The Bertz CT molecular complexity index is 990. The minimum Gasteiger partial charge on any atom is -0.480 e. The molecule has 2 aromatic rings. The van der Waals surface area contributed by atoms with E-state index in [-0.39, 0.29) is 36.7 Å². The predicted molar refractivity (Wildman–Crippen MR) is 135 cm³/mol. The number of alkyl carbamates (subject to hydrolysis) is 1. The third kappa shape index (κ3) is 6.84. The Morgan fingerprint density at radius 1 is 0.971 bits per heavy atom. The monoisotopic (exact) mass is 480 g/mol. The van der Waals surface area contributed by atoms with Gasteiger partial charge in [0.1, 0.15) is 12.6 Å². The van der Waals surface area contributed by atoms with Crippen LogP contribution in [0.1, 0.15) is 63.5 Å². The Labute approximate surface area is 207 Å². The van der Waals surface area contributed by atoms with E-state index in [1.165, 1.54) is 22.3 Å². The molecule has 0 spiro atoms. The van der Waals surface area contributed by atoms with E-state index in [9.17, 15) is 19.5 Å². The molecule has 7 heteroatoms. The van der Waals surface area contributed by atoms with E-state index in [0.29, 0.717) is 13.0 Å². The first kappa shape index (κ1) is 26.3. The SMILES string of the molecule is CCC(CCNC(=O)OCC1c2ccccc2-c2ccccc21)CCC(=O)N[C@H](C(=O)O)C(C)C. The van der Waals surface area contributed by atoms with Crippen molar-refractivity contribution in [2.45, 2.75) is 58.4 Å². The predicted octanol–water partition coefficient (Wildman–Crippen LogP) is 4.95. The Hall–Kier alpha value is -3.35. The summed E-state index contributed by atoms with van der Waals surface area (Å²) in [5.41, 5.74) is 4.73. The standard InChI is InChI=1S/C28H36N2O5/c1-4-19(13-14-25(31)30-26(18(2)3)27(32)33)15-16-29-28(34)35-17-24-22-11-7-5-9-20(22)21-10-6-8-12-23(21)24/h5-12,18-19,24,26H,4,13-17H2,1-3H3,(H,29,34)(H,30,31)(H,32,33)/t19?,26-/m0/s1. The smallest absolute Gasteiger partial charge is 0.407 e. The maximum atomic E-state index is 12.4. The average molecular weight is 481 g/mol. The summed E-state index contributed by atoms with van der Waals surface area (Å²) < 4.78 is 5.57. The van der Waals surface area contributed by atoms with Crippen LogP contribution in [0.15, 0.2) is 48.5 Å². The molecule has 1 aliphatic carbocycles. The van der Waals surface area contributed by atoms with E-state index < -0.39 is 18.1 Å². The van der Waals surface area contributed by atoms with Gasteiger partial charge in [-0.1, -0.05) is 75.7 Å². The number of amides is 2. The lowest BCUT2D eigenvalue weighted by Crippen LogP contribution is -2.44. The lowest BCUT2D eigenvalue weighted by molar-refractivity contribution is -0.143. The maximum absolute atomic E-state index is 12.4. The zero-order valence-corrected chi connectivity index (χ0v) is 20.8. The zero-order valence-electron chi connectivity index (χ0n) is 20.8. The van der Waals surface area contributed by atoms with Gasteiger partial charge in [-0.2, -0.15) is 0 Å². The van der Waals surface area contributed by atoms with Crippen molar-refractivity contribution in [1.82, 2.24) is 10.6 Å². The number of carboxylic acid groups (broad SMARTS) is 1. The molecule has 0 aliphatic heterocycles. The van der Waals surface area contributed by atoms with Crippen LogP contribution in [-0.2, 0) is 14.3 Å². The molecule has 0 heterocycles. The average Bonchev–Trinajstić information content (AvgIpc) is 3.16. The summed E-state index contributed by atoms with van der Waals surface area (Å²) in [6.07, 6.45) is 2.05. The summed E-state index contributed by atoms with van der Waals surface area (Å²) in [7, 11) is 0. The summed E-state index contributed by atoms with van der Waals surface area (Å²) in [5, 5.41) is 14.7. The molecule has 0 fully saturated rings. The molecular weight excluding hydrogens is 444 g/mol. The fourth-order valence-corrected chi connectivity index (χ4v) is 4.67. The molecule has 2 atom stereocenters. The van der Waals surface area contributed by atoms with Crippen molar-refractivity contribution >= 4 is 18.0 Å². The van der Waals surface area contributed by atoms with Gasteiger partial charge in [-0.05, 0) is 46.9 Å². The number of ether oxygens (including phenoxy) is 1. The lowest BCUT2D eigenvalue weighted by Gasteiger charge is -2.19. The topological polar surface area (TPSA) is 105 Å². The van der Waals surface area contributed by atoms with Gasteiger partial charge in [-0.15, -0.1) is 0 Å². The van der Waals surface area contributed by atoms with Gasteiger partial charge in [0.05, 0.1) is 0 Å². The second-order valence-corrected chi connectivity index (χ2v) is 9.48. The van der Waals surface area contributed by atoms with Crippen LogP contribution in [0.2, 0.25) is 0 Å². The van der Waals surface area contributed by atoms with E-state index in [2.05, 4.69) is 34.9 Å². The van der Waals surface area contributed by atoms with Crippen molar-refractivity contribution in [3.63, 3.8) is 0 Å². The fraction of sp³-hybridized carbons (Fsp3) is 0.464. The Balaban J connectivity index is 1.41. The highest BCUT2D eigenvalue weighted by Crippen LogP contribution is 2.44. The molecule has 0 bridgehead atoms. The van der Waals surface area contributed by atoms with Crippen LogP contribution in [0.5, 0.6) is 0 Å². The van der Waals surface area contributed by atoms with Gasteiger partial charge in [0, 0.05) is 18.9 Å². The molecule has 35 heavy (non-hydrogen) atoms. The first-order chi connectivity index (χ1) is 16.8. The van der Waals surface area contributed by atoms with Gasteiger partial charge in [-0.25, -0.2) is 9.59 Å². The van der Waals surface area contributed by atoms with Gasteiger partial charge in [-0.3, -0.25) is 4.79 Å². The number of carboxylic acids is 1. The molecule has 2 amide bonds. The van der Waals surface area contributed by atoms with E-state index in [1.807, 2.05) is 31.2 Å². The second kappa shape index (κ2) is 12.4. The molecular formula is C28H36N2O5. The first-order valence-electron chi connectivity index (χ1n) is 12.4. The molecule has 1 aliphatic rings. The van der Waals surface area contributed by atoms with Crippen LogP contribution in [0.3, 0.4) is 0 Å². The summed E-state index contributed by atoms with van der Waals surface area (Å²) in [4.78, 5) is 35.8.